The average Bonchev–Trinajstić information content (AvgIpc) is 2.82. The predicted molar refractivity (Wildman–Crippen MR) is 76.5 cm³/mol. The van der Waals surface area contributed by atoms with Gasteiger partial charge in [-0.3, -0.25) is 0 Å². The van der Waals surface area contributed by atoms with E-state index >= 15 is 0 Å². The van der Waals surface area contributed by atoms with Gasteiger partial charge in [0.2, 0.25) is 11.8 Å². The van der Waals surface area contributed by atoms with Crippen molar-refractivity contribution in [3.05, 3.63) is 11.4 Å². The molecule has 4 nitrogen and oxygen atoms in total. The van der Waals surface area contributed by atoms with Crippen LogP contribution in [0.3, 0.4) is 0 Å². The number of aromatic nitrogens is 2. The smallest absolute Gasteiger partial charge is 0.227 e. The minimum absolute atomic E-state index is 0.615. The van der Waals surface area contributed by atoms with Gasteiger partial charge in [-0.25, -0.2) is 4.98 Å². The van der Waals surface area contributed by atoms with Gasteiger partial charge in [-0.05, 0) is 30.2 Å². The largest absolute Gasteiger partial charge is 0.477 e. The highest BCUT2D eigenvalue weighted by molar-refractivity contribution is 7.16. The predicted octanol–water partition coefficient (Wildman–Crippen LogP) is 3.55. The van der Waals surface area contributed by atoms with E-state index in [9.17, 15) is 0 Å². The van der Waals surface area contributed by atoms with Crippen LogP contribution in [-0.4, -0.2) is 23.6 Å². The Hall–Kier alpha value is -1.36. The van der Waals surface area contributed by atoms with Gasteiger partial charge in [0.25, 0.3) is 0 Å². The molecule has 2 rings (SSSR count). The van der Waals surface area contributed by atoms with Crippen LogP contribution in [0.4, 0.5) is 5.95 Å². The molecule has 98 valence electrons. The fourth-order valence-corrected chi connectivity index (χ4v) is 2.46. The van der Waals surface area contributed by atoms with Crippen LogP contribution >= 0.6 is 11.3 Å². The van der Waals surface area contributed by atoms with Crippen LogP contribution in [-0.2, 0) is 0 Å². The van der Waals surface area contributed by atoms with Crippen LogP contribution in [0.25, 0.3) is 10.2 Å². The molecule has 0 aliphatic heterocycles. The molecule has 1 N–H and O–H groups in total. The molecule has 0 bridgehead atoms. The van der Waals surface area contributed by atoms with Gasteiger partial charge < -0.3 is 10.1 Å². The molecule has 0 spiro atoms. The number of nitrogens with zero attached hydrogens (tertiary/aromatic N) is 2. The second-order valence-electron chi connectivity index (χ2n) is 4.63. The molecule has 0 aliphatic carbocycles. The summed E-state index contributed by atoms with van der Waals surface area (Å²) in [7, 11) is 1.82. The normalized spacial score (nSPS) is 11.1. The average molecular weight is 265 g/mol. The summed E-state index contributed by atoms with van der Waals surface area (Å²) in [5, 5.41) is 5.98. The van der Waals surface area contributed by atoms with E-state index in [0.29, 0.717) is 24.4 Å². The lowest BCUT2D eigenvalue weighted by atomic mass is 10.1. The van der Waals surface area contributed by atoms with E-state index in [1.54, 1.807) is 11.3 Å². The maximum Gasteiger partial charge on any atom is 0.227 e. The van der Waals surface area contributed by atoms with Gasteiger partial charge in [0.1, 0.15) is 4.83 Å². The van der Waals surface area contributed by atoms with Crippen molar-refractivity contribution in [1.82, 2.24) is 9.97 Å². The molecular weight excluding hydrogens is 246 g/mol. The molecule has 0 saturated heterocycles. The summed E-state index contributed by atoms with van der Waals surface area (Å²) in [4.78, 5) is 9.72. The third-order valence-electron chi connectivity index (χ3n) is 2.68. The van der Waals surface area contributed by atoms with Gasteiger partial charge in [-0.2, -0.15) is 4.98 Å². The van der Waals surface area contributed by atoms with Crippen molar-refractivity contribution in [2.75, 3.05) is 19.0 Å². The number of fused-ring (bicyclic) bond motifs is 1. The highest BCUT2D eigenvalue weighted by Gasteiger charge is 2.09. The first-order chi connectivity index (χ1) is 8.70. The number of ether oxygens (including phenoxy) is 1. The van der Waals surface area contributed by atoms with Gasteiger partial charge in [0.15, 0.2) is 0 Å². The molecule has 18 heavy (non-hydrogen) atoms. The highest BCUT2D eigenvalue weighted by Crippen LogP contribution is 2.28. The molecule has 0 unspecified atom stereocenters. The summed E-state index contributed by atoms with van der Waals surface area (Å²) in [6, 6.07) is 2.01. The van der Waals surface area contributed by atoms with Crippen LogP contribution in [0.1, 0.15) is 26.7 Å². The summed E-state index contributed by atoms with van der Waals surface area (Å²) >= 11 is 1.60. The zero-order valence-electron chi connectivity index (χ0n) is 11.1. The number of rotatable bonds is 6. The monoisotopic (exact) mass is 265 g/mol. The van der Waals surface area contributed by atoms with Crippen LogP contribution in [0.15, 0.2) is 11.4 Å². The van der Waals surface area contributed by atoms with E-state index in [-0.39, 0.29) is 0 Å². The SMILES string of the molecule is CNc1nc(OCCCC(C)C)c2ccsc2n1. The van der Waals surface area contributed by atoms with Gasteiger partial charge >= 0.3 is 0 Å². The zero-order chi connectivity index (χ0) is 13.0. The molecule has 0 fully saturated rings. The third-order valence-corrected chi connectivity index (χ3v) is 3.48. The molecule has 0 aliphatic rings. The van der Waals surface area contributed by atoms with Crippen molar-refractivity contribution >= 4 is 27.5 Å². The summed E-state index contributed by atoms with van der Waals surface area (Å²) in [5.41, 5.74) is 0. The van der Waals surface area contributed by atoms with Crippen LogP contribution in [0.2, 0.25) is 0 Å². The lowest BCUT2D eigenvalue weighted by Gasteiger charge is -2.09. The van der Waals surface area contributed by atoms with E-state index < -0.39 is 0 Å². The van der Waals surface area contributed by atoms with Gasteiger partial charge in [0, 0.05) is 7.05 Å². The number of nitrogens with one attached hydrogen (secondary N) is 1. The minimum Gasteiger partial charge on any atom is -0.477 e. The third kappa shape index (κ3) is 3.10. The number of hydrogen-bond acceptors (Lipinski definition) is 5. The molecule has 0 amide bonds. The van der Waals surface area contributed by atoms with Crippen LogP contribution in [0, 0.1) is 5.92 Å². The Morgan fingerprint density at radius 3 is 2.94 bits per heavy atom. The zero-order valence-corrected chi connectivity index (χ0v) is 11.9. The lowest BCUT2D eigenvalue weighted by molar-refractivity contribution is 0.291. The van der Waals surface area contributed by atoms with Gasteiger partial charge in [-0.1, -0.05) is 13.8 Å². The Morgan fingerprint density at radius 1 is 1.39 bits per heavy atom. The fourth-order valence-electron chi connectivity index (χ4n) is 1.71. The van der Waals surface area contributed by atoms with Crippen molar-refractivity contribution in [2.24, 2.45) is 5.92 Å². The Labute approximate surface area is 111 Å². The Bertz CT molecular complexity index is 510. The van der Waals surface area contributed by atoms with Crippen molar-refractivity contribution in [3.63, 3.8) is 0 Å². The highest BCUT2D eigenvalue weighted by atomic mass is 32.1. The summed E-state index contributed by atoms with van der Waals surface area (Å²) in [6.07, 6.45) is 2.24. The first kappa shape index (κ1) is 13.1. The summed E-state index contributed by atoms with van der Waals surface area (Å²) in [6.45, 7) is 5.16. The Kier molecular flexibility index (Phi) is 4.36. The molecule has 0 radical (unpaired) electrons. The topological polar surface area (TPSA) is 47.0 Å². The molecule has 0 aromatic carbocycles. The molecular formula is C13H19N3OS. The van der Waals surface area contributed by atoms with Crippen molar-refractivity contribution < 1.29 is 4.74 Å². The molecule has 0 atom stereocenters. The molecule has 5 heteroatoms. The van der Waals surface area contributed by atoms with E-state index in [4.69, 9.17) is 4.74 Å². The summed E-state index contributed by atoms with van der Waals surface area (Å²) in [5.74, 6) is 2.02. The van der Waals surface area contributed by atoms with Gasteiger partial charge in [0.05, 0.1) is 12.0 Å². The van der Waals surface area contributed by atoms with Crippen molar-refractivity contribution in [3.8, 4) is 5.88 Å². The molecule has 2 heterocycles. The summed E-state index contributed by atoms with van der Waals surface area (Å²) < 4.78 is 5.79. The first-order valence-electron chi connectivity index (χ1n) is 6.26. The van der Waals surface area contributed by atoms with E-state index in [1.807, 2.05) is 18.5 Å². The van der Waals surface area contributed by atoms with E-state index in [1.165, 1.54) is 6.42 Å². The first-order valence-corrected chi connectivity index (χ1v) is 7.14. The Morgan fingerprint density at radius 2 is 2.22 bits per heavy atom. The minimum atomic E-state index is 0.615. The standard InChI is InChI=1S/C13H19N3OS/c1-9(2)5-4-7-17-11-10-6-8-18-12(10)16-13(14-3)15-11/h6,8-9H,4-5,7H2,1-3H3,(H,14,15,16). The fraction of sp³-hybridized carbons (Fsp3) is 0.538. The quantitative estimate of drug-likeness (QED) is 0.811. The lowest BCUT2D eigenvalue weighted by Crippen LogP contribution is -2.04. The number of hydrogen-bond donors (Lipinski definition) is 1. The molecule has 0 saturated carbocycles. The number of anilines is 1. The van der Waals surface area contributed by atoms with E-state index in [2.05, 4.69) is 29.1 Å². The van der Waals surface area contributed by atoms with Gasteiger partial charge in [-0.15, -0.1) is 11.3 Å². The second kappa shape index (κ2) is 6.00. The van der Waals surface area contributed by atoms with Crippen LogP contribution in [0.5, 0.6) is 5.88 Å². The van der Waals surface area contributed by atoms with Crippen molar-refractivity contribution in [1.29, 1.82) is 0 Å². The maximum atomic E-state index is 5.79. The molecule has 2 aromatic rings. The Balaban J connectivity index is 2.08. The molecule has 2 aromatic heterocycles. The number of thiophene rings is 1. The second-order valence-corrected chi connectivity index (χ2v) is 5.52. The maximum absolute atomic E-state index is 5.79. The van der Waals surface area contributed by atoms with Crippen molar-refractivity contribution in [2.45, 2.75) is 26.7 Å². The van der Waals surface area contributed by atoms with Crippen LogP contribution < -0.4 is 10.1 Å². The van der Waals surface area contributed by atoms with E-state index in [0.717, 1.165) is 16.6 Å².